The molecule has 0 amide bonds. The number of ketones is 1. The number of rotatable bonds is 3. The summed E-state index contributed by atoms with van der Waals surface area (Å²) in [7, 11) is 0. The zero-order valence-electron chi connectivity index (χ0n) is 10.4. The van der Waals surface area contributed by atoms with Gasteiger partial charge in [-0.05, 0) is 37.0 Å². The van der Waals surface area contributed by atoms with Crippen molar-refractivity contribution < 1.29 is 14.7 Å². The second-order valence-electron chi connectivity index (χ2n) is 5.12. The number of carbonyl (C=O) groups is 2. The molecule has 2 rings (SSSR count). The quantitative estimate of drug-likeness (QED) is 0.861. The Morgan fingerprint density at radius 1 is 1.21 bits per heavy atom. The number of Topliss-reactive ketones (excluding diaryl/α,β-unsaturated/α-hetero) is 1. The van der Waals surface area contributed by atoms with Crippen LogP contribution in [0, 0.1) is 17.8 Å². The largest absolute Gasteiger partial charge is 0.481 e. The molecule has 0 radical (unpaired) electrons. The maximum absolute atomic E-state index is 12.4. The van der Waals surface area contributed by atoms with Crippen LogP contribution in [-0.4, -0.2) is 16.9 Å². The molecule has 0 spiro atoms. The maximum atomic E-state index is 12.4. The molecule has 0 bridgehead atoms. The monoisotopic (exact) mass is 300 g/mol. The topological polar surface area (TPSA) is 54.4 Å². The molecule has 3 atom stereocenters. The van der Waals surface area contributed by atoms with Crippen LogP contribution in [0.25, 0.3) is 0 Å². The van der Waals surface area contributed by atoms with Gasteiger partial charge in [-0.3, -0.25) is 9.59 Å². The fraction of sp³-hybridized carbons (Fsp3) is 0.429. The van der Waals surface area contributed by atoms with E-state index in [-0.39, 0.29) is 16.7 Å². The minimum Gasteiger partial charge on any atom is -0.481 e. The Bertz CT molecular complexity index is 527. The molecule has 102 valence electrons. The summed E-state index contributed by atoms with van der Waals surface area (Å²) < 4.78 is 0. The molecule has 1 N–H and O–H groups in total. The fourth-order valence-corrected chi connectivity index (χ4v) is 3.25. The number of halogens is 2. The molecule has 19 heavy (non-hydrogen) atoms. The zero-order valence-corrected chi connectivity index (χ0v) is 11.9. The van der Waals surface area contributed by atoms with E-state index in [1.807, 2.05) is 6.92 Å². The van der Waals surface area contributed by atoms with Gasteiger partial charge in [0.2, 0.25) is 0 Å². The summed E-state index contributed by atoms with van der Waals surface area (Å²) in [6.07, 6.45) is 1.13. The number of hydrogen-bond acceptors (Lipinski definition) is 2. The second kappa shape index (κ2) is 5.51. The van der Waals surface area contributed by atoms with Crippen LogP contribution in [0.4, 0.5) is 0 Å². The van der Waals surface area contributed by atoms with E-state index in [1.54, 1.807) is 12.1 Å². The Hall–Kier alpha value is -1.06. The van der Waals surface area contributed by atoms with Gasteiger partial charge < -0.3 is 5.11 Å². The molecule has 5 heteroatoms. The van der Waals surface area contributed by atoms with Gasteiger partial charge in [0.15, 0.2) is 5.78 Å². The molecule has 3 unspecified atom stereocenters. The number of carboxylic acids is 1. The first-order valence-electron chi connectivity index (χ1n) is 6.12. The van der Waals surface area contributed by atoms with Gasteiger partial charge in [0.05, 0.1) is 10.9 Å². The molecule has 1 aliphatic carbocycles. The summed E-state index contributed by atoms with van der Waals surface area (Å²) in [5, 5.41) is 9.94. The standard InChI is InChI=1S/C14H14Cl2O3/c1-7-4-10(11(5-7)14(18)19)13(17)9-3-2-8(15)6-12(9)16/h2-3,6-7,10-11H,4-5H2,1H3,(H,18,19). The maximum Gasteiger partial charge on any atom is 0.307 e. The van der Waals surface area contributed by atoms with E-state index in [4.69, 9.17) is 23.2 Å². The Balaban J connectivity index is 2.30. The van der Waals surface area contributed by atoms with Crippen molar-refractivity contribution in [2.24, 2.45) is 17.8 Å². The van der Waals surface area contributed by atoms with Crippen LogP contribution >= 0.6 is 23.2 Å². The van der Waals surface area contributed by atoms with Crippen LogP contribution < -0.4 is 0 Å². The molecular formula is C14H14Cl2O3. The smallest absolute Gasteiger partial charge is 0.307 e. The molecule has 1 saturated carbocycles. The van der Waals surface area contributed by atoms with Gasteiger partial charge in [0.25, 0.3) is 0 Å². The predicted molar refractivity (Wildman–Crippen MR) is 73.8 cm³/mol. The number of benzene rings is 1. The Labute approximate surface area is 121 Å². The van der Waals surface area contributed by atoms with E-state index in [0.29, 0.717) is 23.4 Å². The van der Waals surface area contributed by atoms with Crippen LogP contribution in [0.3, 0.4) is 0 Å². The predicted octanol–water partition coefficient (Wildman–Crippen LogP) is 3.92. The van der Waals surface area contributed by atoms with Crippen LogP contribution in [0.2, 0.25) is 10.0 Å². The first-order chi connectivity index (χ1) is 8.90. The van der Waals surface area contributed by atoms with Gasteiger partial charge in [-0.1, -0.05) is 30.1 Å². The van der Waals surface area contributed by atoms with Gasteiger partial charge in [-0.15, -0.1) is 0 Å². The van der Waals surface area contributed by atoms with Gasteiger partial charge >= 0.3 is 5.97 Å². The lowest BCUT2D eigenvalue weighted by Gasteiger charge is -2.15. The fourth-order valence-electron chi connectivity index (χ4n) is 2.74. The van der Waals surface area contributed by atoms with E-state index in [0.717, 1.165) is 0 Å². The number of hydrogen-bond donors (Lipinski definition) is 1. The summed E-state index contributed by atoms with van der Waals surface area (Å²) in [6, 6.07) is 4.66. The third-order valence-electron chi connectivity index (χ3n) is 3.65. The van der Waals surface area contributed by atoms with E-state index in [1.165, 1.54) is 6.07 Å². The van der Waals surface area contributed by atoms with E-state index in [9.17, 15) is 14.7 Å². The first kappa shape index (κ1) is 14.4. The molecular weight excluding hydrogens is 287 g/mol. The summed E-state index contributed by atoms with van der Waals surface area (Å²) in [6.45, 7) is 1.96. The average molecular weight is 301 g/mol. The summed E-state index contributed by atoms with van der Waals surface area (Å²) in [5.41, 5.74) is 0.358. The third kappa shape index (κ3) is 2.93. The Kier molecular flexibility index (Phi) is 4.16. The van der Waals surface area contributed by atoms with Crippen molar-refractivity contribution in [2.75, 3.05) is 0 Å². The van der Waals surface area contributed by atoms with Gasteiger partial charge in [0.1, 0.15) is 0 Å². The average Bonchev–Trinajstić information content (AvgIpc) is 2.70. The first-order valence-corrected chi connectivity index (χ1v) is 6.87. The van der Waals surface area contributed by atoms with Crippen molar-refractivity contribution in [3.8, 4) is 0 Å². The van der Waals surface area contributed by atoms with Crippen LogP contribution in [0.5, 0.6) is 0 Å². The van der Waals surface area contributed by atoms with Gasteiger partial charge in [0, 0.05) is 16.5 Å². The van der Waals surface area contributed by atoms with Gasteiger partial charge in [-0.2, -0.15) is 0 Å². The number of carboxylic acid groups (broad SMARTS) is 1. The summed E-state index contributed by atoms with van der Waals surface area (Å²) >= 11 is 11.8. The highest BCUT2D eigenvalue weighted by Gasteiger charge is 2.41. The third-order valence-corrected chi connectivity index (χ3v) is 4.20. The normalized spacial score (nSPS) is 26.4. The summed E-state index contributed by atoms with van der Waals surface area (Å²) in [5.74, 6) is -1.98. The molecule has 0 aliphatic heterocycles. The minimum absolute atomic E-state index is 0.196. The Morgan fingerprint density at radius 3 is 2.42 bits per heavy atom. The van der Waals surface area contributed by atoms with Crippen molar-refractivity contribution in [3.05, 3.63) is 33.8 Å². The molecule has 1 fully saturated rings. The van der Waals surface area contributed by atoms with Crippen molar-refractivity contribution in [1.82, 2.24) is 0 Å². The highest BCUT2D eigenvalue weighted by Crippen LogP contribution is 2.39. The lowest BCUT2D eigenvalue weighted by atomic mass is 9.88. The van der Waals surface area contributed by atoms with Crippen molar-refractivity contribution in [3.63, 3.8) is 0 Å². The van der Waals surface area contributed by atoms with Crippen LogP contribution in [0.15, 0.2) is 18.2 Å². The van der Waals surface area contributed by atoms with Crippen LogP contribution in [-0.2, 0) is 4.79 Å². The van der Waals surface area contributed by atoms with Crippen molar-refractivity contribution >= 4 is 35.0 Å². The van der Waals surface area contributed by atoms with E-state index >= 15 is 0 Å². The molecule has 3 nitrogen and oxygen atoms in total. The minimum atomic E-state index is -0.909. The highest BCUT2D eigenvalue weighted by atomic mass is 35.5. The molecule has 1 aliphatic rings. The van der Waals surface area contributed by atoms with Gasteiger partial charge in [-0.25, -0.2) is 0 Å². The summed E-state index contributed by atoms with van der Waals surface area (Å²) in [4.78, 5) is 23.7. The van der Waals surface area contributed by atoms with Crippen LogP contribution in [0.1, 0.15) is 30.1 Å². The number of carbonyl (C=O) groups excluding carboxylic acids is 1. The molecule has 0 heterocycles. The highest BCUT2D eigenvalue weighted by molar-refractivity contribution is 6.36. The number of aliphatic carboxylic acids is 1. The Morgan fingerprint density at radius 2 is 1.84 bits per heavy atom. The van der Waals surface area contributed by atoms with Crippen molar-refractivity contribution in [1.29, 1.82) is 0 Å². The SMILES string of the molecule is CC1CC(C(=O)O)C(C(=O)c2ccc(Cl)cc2Cl)C1. The molecule has 1 aromatic carbocycles. The lowest BCUT2D eigenvalue weighted by Crippen LogP contribution is -2.25. The van der Waals surface area contributed by atoms with E-state index < -0.39 is 17.8 Å². The van der Waals surface area contributed by atoms with E-state index in [2.05, 4.69) is 0 Å². The molecule has 1 aromatic rings. The molecule has 0 aromatic heterocycles. The lowest BCUT2D eigenvalue weighted by molar-refractivity contribution is -0.142. The zero-order chi connectivity index (χ0) is 14.2. The molecule has 0 saturated heterocycles. The van der Waals surface area contributed by atoms with Crippen molar-refractivity contribution in [2.45, 2.75) is 19.8 Å². The second-order valence-corrected chi connectivity index (χ2v) is 5.96.